The maximum absolute atomic E-state index is 12.1. The van der Waals surface area contributed by atoms with E-state index in [1.807, 2.05) is 36.4 Å². The first-order valence-electron chi connectivity index (χ1n) is 7.87. The SMILES string of the molecule is C[C@@H](OC(=O)Cn1nc(-c2ccccc2)ccc1=O)c1ccccn1. The normalized spacial score (nSPS) is 11.7. The quantitative estimate of drug-likeness (QED) is 0.670. The number of nitrogens with zero attached hydrogens (tertiary/aromatic N) is 3. The highest BCUT2D eigenvalue weighted by molar-refractivity contribution is 5.69. The molecule has 3 rings (SSSR count). The molecule has 6 heteroatoms. The molecule has 2 aromatic heterocycles. The number of carbonyl (C=O) groups excluding carboxylic acids is 1. The van der Waals surface area contributed by atoms with Crippen LogP contribution >= 0.6 is 0 Å². The molecule has 0 saturated heterocycles. The predicted octanol–water partition coefficient (Wildman–Crippen LogP) is 2.61. The van der Waals surface area contributed by atoms with Gasteiger partial charge in [-0.25, -0.2) is 4.68 Å². The summed E-state index contributed by atoms with van der Waals surface area (Å²) in [4.78, 5) is 28.3. The number of esters is 1. The van der Waals surface area contributed by atoms with Gasteiger partial charge >= 0.3 is 5.97 Å². The van der Waals surface area contributed by atoms with Gasteiger partial charge in [-0.3, -0.25) is 14.6 Å². The van der Waals surface area contributed by atoms with E-state index in [2.05, 4.69) is 10.1 Å². The Hall–Kier alpha value is -3.28. The van der Waals surface area contributed by atoms with Crippen LogP contribution in [0.25, 0.3) is 11.3 Å². The van der Waals surface area contributed by atoms with E-state index < -0.39 is 12.1 Å². The fourth-order valence-electron chi connectivity index (χ4n) is 2.36. The number of benzene rings is 1. The molecule has 2 heterocycles. The van der Waals surface area contributed by atoms with Crippen molar-refractivity contribution in [3.8, 4) is 11.3 Å². The molecule has 0 spiro atoms. The lowest BCUT2D eigenvalue weighted by Gasteiger charge is -2.13. The Morgan fingerprint density at radius 2 is 1.84 bits per heavy atom. The second-order valence-corrected chi connectivity index (χ2v) is 5.47. The van der Waals surface area contributed by atoms with E-state index in [0.29, 0.717) is 11.4 Å². The molecular formula is C19H17N3O3. The monoisotopic (exact) mass is 335 g/mol. The average molecular weight is 335 g/mol. The number of ether oxygens (including phenoxy) is 1. The average Bonchev–Trinajstić information content (AvgIpc) is 2.65. The molecule has 6 nitrogen and oxygen atoms in total. The van der Waals surface area contributed by atoms with E-state index >= 15 is 0 Å². The topological polar surface area (TPSA) is 74.1 Å². The molecule has 0 fully saturated rings. The number of hydrogen-bond acceptors (Lipinski definition) is 5. The minimum absolute atomic E-state index is 0.253. The molecule has 0 aliphatic carbocycles. The summed E-state index contributed by atoms with van der Waals surface area (Å²) < 4.78 is 6.45. The molecular weight excluding hydrogens is 318 g/mol. The van der Waals surface area contributed by atoms with Gasteiger partial charge in [-0.1, -0.05) is 36.4 Å². The number of carbonyl (C=O) groups is 1. The third-order valence-corrected chi connectivity index (χ3v) is 3.63. The summed E-state index contributed by atoms with van der Waals surface area (Å²) in [6, 6.07) is 17.9. The Labute approximate surface area is 144 Å². The number of hydrogen-bond donors (Lipinski definition) is 0. The molecule has 0 unspecified atom stereocenters. The Bertz CT molecular complexity index is 908. The van der Waals surface area contributed by atoms with Crippen LogP contribution in [0.15, 0.2) is 71.7 Å². The Morgan fingerprint density at radius 3 is 2.56 bits per heavy atom. The third-order valence-electron chi connectivity index (χ3n) is 3.63. The number of aromatic nitrogens is 3. The summed E-state index contributed by atoms with van der Waals surface area (Å²) in [6.07, 6.45) is 1.14. The van der Waals surface area contributed by atoms with E-state index in [1.54, 1.807) is 31.3 Å². The molecule has 25 heavy (non-hydrogen) atoms. The van der Waals surface area contributed by atoms with Gasteiger partial charge in [-0.05, 0) is 25.1 Å². The van der Waals surface area contributed by atoms with Crippen LogP contribution in [-0.2, 0) is 16.1 Å². The zero-order valence-corrected chi connectivity index (χ0v) is 13.7. The van der Waals surface area contributed by atoms with Crippen molar-refractivity contribution in [1.29, 1.82) is 0 Å². The van der Waals surface area contributed by atoms with Gasteiger partial charge in [0, 0.05) is 17.8 Å². The van der Waals surface area contributed by atoms with Crippen molar-refractivity contribution in [2.75, 3.05) is 0 Å². The highest BCUT2D eigenvalue weighted by Gasteiger charge is 2.14. The van der Waals surface area contributed by atoms with Gasteiger partial charge in [-0.2, -0.15) is 5.10 Å². The highest BCUT2D eigenvalue weighted by atomic mass is 16.5. The summed E-state index contributed by atoms with van der Waals surface area (Å²) in [5.41, 5.74) is 1.77. The van der Waals surface area contributed by atoms with Crippen molar-refractivity contribution in [2.24, 2.45) is 0 Å². The van der Waals surface area contributed by atoms with Crippen LogP contribution in [0.3, 0.4) is 0 Å². The summed E-state index contributed by atoms with van der Waals surface area (Å²) in [7, 11) is 0. The summed E-state index contributed by atoms with van der Waals surface area (Å²) in [5.74, 6) is -0.544. The molecule has 0 aliphatic heterocycles. The van der Waals surface area contributed by atoms with E-state index in [1.165, 1.54) is 6.07 Å². The minimum Gasteiger partial charge on any atom is -0.455 e. The van der Waals surface area contributed by atoms with Gasteiger partial charge in [0.15, 0.2) is 0 Å². The zero-order chi connectivity index (χ0) is 17.6. The molecule has 0 saturated carbocycles. The van der Waals surface area contributed by atoms with Gasteiger partial charge in [0.25, 0.3) is 5.56 Å². The van der Waals surface area contributed by atoms with Crippen molar-refractivity contribution >= 4 is 5.97 Å². The first-order chi connectivity index (χ1) is 12.1. The molecule has 0 bridgehead atoms. The van der Waals surface area contributed by atoms with E-state index in [0.717, 1.165) is 10.2 Å². The van der Waals surface area contributed by atoms with Gasteiger partial charge in [0.05, 0.1) is 11.4 Å². The van der Waals surface area contributed by atoms with Crippen LogP contribution in [0, 0.1) is 0 Å². The van der Waals surface area contributed by atoms with E-state index in [9.17, 15) is 9.59 Å². The van der Waals surface area contributed by atoms with Gasteiger partial charge in [-0.15, -0.1) is 0 Å². The van der Waals surface area contributed by atoms with Gasteiger partial charge < -0.3 is 4.74 Å². The van der Waals surface area contributed by atoms with Crippen molar-refractivity contribution in [2.45, 2.75) is 19.6 Å². The van der Waals surface area contributed by atoms with Gasteiger partial charge in [0.2, 0.25) is 0 Å². The third kappa shape index (κ3) is 4.17. The number of rotatable bonds is 5. The van der Waals surface area contributed by atoms with Crippen LogP contribution in [0.1, 0.15) is 18.7 Å². The maximum atomic E-state index is 12.1. The largest absolute Gasteiger partial charge is 0.455 e. The highest BCUT2D eigenvalue weighted by Crippen LogP contribution is 2.15. The van der Waals surface area contributed by atoms with Crippen molar-refractivity contribution in [3.63, 3.8) is 0 Å². The molecule has 126 valence electrons. The Balaban J connectivity index is 1.74. The number of pyridine rings is 1. The lowest BCUT2D eigenvalue weighted by molar-refractivity contribution is -0.149. The lowest BCUT2D eigenvalue weighted by Crippen LogP contribution is -2.27. The molecule has 0 aliphatic rings. The smallest absolute Gasteiger partial charge is 0.328 e. The second-order valence-electron chi connectivity index (χ2n) is 5.47. The second kappa shape index (κ2) is 7.53. The minimum atomic E-state index is -0.544. The van der Waals surface area contributed by atoms with E-state index in [-0.39, 0.29) is 12.1 Å². The summed E-state index contributed by atoms with van der Waals surface area (Å²) in [6.45, 7) is 1.48. The van der Waals surface area contributed by atoms with Crippen LogP contribution in [0.2, 0.25) is 0 Å². The Kier molecular flexibility index (Phi) is 4.99. The van der Waals surface area contributed by atoms with Crippen LogP contribution in [0.5, 0.6) is 0 Å². The first-order valence-corrected chi connectivity index (χ1v) is 7.87. The van der Waals surface area contributed by atoms with Crippen molar-refractivity contribution in [1.82, 2.24) is 14.8 Å². The molecule has 1 atom stereocenters. The molecule has 0 N–H and O–H groups in total. The van der Waals surface area contributed by atoms with E-state index in [4.69, 9.17) is 4.74 Å². The standard InChI is InChI=1S/C19H17N3O3/c1-14(16-9-5-6-12-20-16)25-19(24)13-22-18(23)11-10-17(21-22)15-7-3-2-4-8-15/h2-12,14H,13H2,1H3/t14-/m1/s1. The fourth-order valence-corrected chi connectivity index (χ4v) is 2.36. The summed E-state index contributed by atoms with van der Waals surface area (Å²) >= 11 is 0. The van der Waals surface area contributed by atoms with Crippen LogP contribution < -0.4 is 5.56 Å². The van der Waals surface area contributed by atoms with Crippen molar-refractivity contribution < 1.29 is 9.53 Å². The maximum Gasteiger partial charge on any atom is 0.328 e. The molecule has 0 radical (unpaired) electrons. The van der Waals surface area contributed by atoms with Crippen LogP contribution in [0.4, 0.5) is 0 Å². The summed E-state index contributed by atoms with van der Waals surface area (Å²) in [5, 5.41) is 4.25. The predicted molar refractivity (Wildman–Crippen MR) is 92.7 cm³/mol. The fraction of sp³-hybridized carbons (Fsp3) is 0.158. The molecule has 1 aromatic carbocycles. The van der Waals surface area contributed by atoms with Crippen molar-refractivity contribution in [3.05, 3.63) is 82.9 Å². The lowest BCUT2D eigenvalue weighted by atomic mass is 10.1. The molecule has 0 amide bonds. The Morgan fingerprint density at radius 1 is 1.08 bits per heavy atom. The van der Waals surface area contributed by atoms with Gasteiger partial charge in [0.1, 0.15) is 12.6 Å². The first kappa shape index (κ1) is 16.6. The van der Waals surface area contributed by atoms with Crippen LogP contribution in [-0.4, -0.2) is 20.7 Å². The molecule has 3 aromatic rings. The zero-order valence-electron chi connectivity index (χ0n) is 13.7.